The smallest absolute Gasteiger partial charge is 0.272 e. The van der Waals surface area contributed by atoms with Crippen LogP contribution in [0.25, 0.3) is 0 Å². The van der Waals surface area contributed by atoms with Crippen molar-refractivity contribution in [2.75, 3.05) is 36.5 Å². The molecule has 2 N–H and O–H groups in total. The molecule has 1 atom stereocenters. The number of aliphatic hydroxyl groups excluding tert-OH is 1. The fourth-order valence-electron chi connectivity index (χ4n) is 2.79. The van der Waals surface area contributed by atoms with Gasteiger partial charge in [-0.05, 0) is 24.3 Å². The number of carbonyl (C=O) groups is 1. The lowest BCUT2D eigenvalue weighted by atomic mass is 10.2. The second-order valence-electron chi connectivity index (χ2n) is 5.78. The number of carbonyl (C=O) groups excluding carboxylic acids is 1. The normalized spacial score (nSPS) is 17.8. The van der Waals surface area contributed by atoms with Gasteiger partial charge in [-0.2, -0.15) is 0 Å². The molecule has 2 heterocycles. The molecule has 1 aromatic carbocycles. The largest absolute Gasteiger partial charge is 0.394 e. The number of anilines is 2. The Morgan fingerprint density at radius 3 is 3.00 bits per heavy atom. The lowest BCUT2D eigenvalue weighted by molar-refractivity contribution is 0.00357. The maximum atomic E-state index is 12.4. The van der Waals surface area contributed by atoms with Crippen molar-refractivity contribution >= 4 is 28.9 Å². The molecule has 1 unspecified atom stereocenters. The molecule has 6 nitrogen and oxygen atoms in total. The highest BCUT2D eigenvalue weighted by molar-refractivity contribution is 6.31. The van der Waals surface area contributed by atoms with Crippen LogP contribution in [0.3, 0.4) is 0 Å². The third-order valence-corrected chi connectivity index (χ3v) is 4.22. The van der Waals surface area contributed by atoms with E-state index in [0.29, 0.717) is 29.6 Å². The number of halogens is 1. The summed E-state index contributed by atoms with van der Waals surface area (Å²) in [5.41, 5.74) is 2.19. The van der Waals surface area contributed by atoms with Crippen LogP contribution in [0.15, 0.2) is 36.5 Å². The van der Waals surface area contributed by atoms with Gasteiger partial charge in [-0.25, -0.2) is 0 Å². The van der Waals surface area contributed by atoms with Gasteiger partial charge >= 0.3 is 0 Å². The van der Waals surface area contributed by atoms with Crippen molar-refractivity contribution < 1.29 is 14.6 Å². The number of nitrogens with one attached hydrogen (secondary N) is 1. The molecule has 128 valence electrons. The number of hydrogen-bond donors (Lipinski definition) is 2. The van der Waals surface area contributed by atoms with Crippen molar-refractivity contribution in [3.05, 3.63) is 47.2 Å². The zero-order valence-electron chi connectivity index (χ0n) is 13.4. The number of hydrogen-bond acceptors (Lipinski definition) is 4. The molecular weight excluding hydrogens is 330 g/mol. The van der Waals surface area contributed by atoms with E-state index in [4.69, 9.17) is 16.3 Å². The zero-order chi connectivity index (χ0) is 17.1. The molecule has 7 heteroatoms. The maximum Gasteiger partial charge on any atom is 0.272 e. The van der Waals surface area contributed by atoms with Crippen LogP contribution >= 0.6 is 11.6 Å². The Hall–Kier alpha value is -2.02. The minimum Gasteiger partial charge on any atom is -0.394 e. The lowest BCUT2D eigenvalue weighted by Crippen LogP contribution is -2.44. The molecule has 0 aliphatic carbocycles. The molecule has 1 aliphatic rings. The predicted octanol–water partition coefficient (Wildman–Crippen LogP) is 2.13. The van der Waals surface area contributed by atoms with Crippen molar-refractivity contribution in [2.24, 2.45) is 7.05 Å². The zero-order valence-corrected chi connectivity index (χ0v) is 14.2. The number of amides is 1. The predicted molar refractivity (Wildman–Crippen MR) is 93.9 cm³/mol. The third-order valence-electron chi connectivity index (χ3n) is 4.02. The number of aryl methyl sites for hydroxylation is 1. The second kappa shape index (κ2) is 7.25. The Labute approximate surface area is 145 Å². The second-order valence-corrected chi connectivity index (χ2v) is 6.22. The summed E-state index contributed by atoms with van der Waals surface area (Å²) in [5, 5.41) is 12.7. The van der Waals surface area contributed by atoms with Crippen LogP contribution in [0, 0.1) is 0 Å². The Morgan fingerprint density at radius 1 is 1.46 bits per heavy atom. The summed E-state index contributed by atoms with van der Waals surface area (Å²) in [6.07, 6.45) is 1.51. The van der Waals surface area contributed by atoms with Crippen LogP contribution in [0.2, 0.25) is 5.02 Å². The van der Waals surface area contributed by atoms with Gasteiger partial charge in [0.25, 0.3) is 5.91 Å². The molecule has 1 aliphatic heterocycles. The van der Waals surface area contributed by atoms with Crippen LogP contribution in [-0.2, 0) is 11.8 Å². The Balaban J connectivity index is 1.73. The van der Waals surface area contributed by atoms with Gasteiger partial charge in [0.1, 0.15) is 5.69 Å². The summed E-state index contributed by atoms with van der Waals surface area (Å²) in [6, 6.07) is 9.27. The number of rotatable bonds is 4. The van der Waals surface area contributed by atoms with Gasteiger partial charge in [0.2, 0.25) is 0 Å². The van der Waals surface area contributed by atoms with E-state index in [1.165, 1.54) is 0 Å². The Morgan fingerprint density at radius 2 is 2.29 bits per heavy atom. The Kier molecular flexibility index (Phi) is 5.08. The summed E-state index contributed by atoms with van der Waals surface area (Å²) >= 11 is 5.93. The van der Waals surface area contributed by atoms with Gasteiger partial charge in [0.15, 0.2) is 0 Å². The molecular formula is C17H20ClN3O3. The fourth-order valence-corrected chi connectivity index (χ4v) is 3.04. The highest BCUT2D eigenvalue weighted by atomic mass is 35.5. The summed E-state index contributed by atoms with van der Waals surface area (Å²) in [7, 11) is 1.78. The topological polar surface area (TPSA) is 66.7 Å². The van der Waals surface area contributed by atoms with Crippen LogP contribution < -0.4 is 10.2 Å². The van der Waals surface area contributed by atoms with Crippen molar-refractivity contribution in [3.8, 4) is 0 Å². The standard InChI is InChI=1S/C17H20ClN3O3/c1-20-9-12(18)7-16(20)17(23)19-13-3-2-4-14(8-13)21-5-6-24-15(10-21)11-22/h2-4,7-9,15,22H,5-6,10-11H2,1H3,(H,19,23). The van der Waals surface area contributed by atoms with E-state index in [2.05, 4.69) is 10.2 Å². The summed E-state index contributed by atoms with van der Waals surface area (Å²) in [4.78, 5) is 14.5. The average Bonchev–Trinajstić information content (AvgIpc) is 2.93. The number of morpholine rings is 1. The summed E-state index contributed by atoms with van der Waals surface area (Å²) in [5.74, 6) is -0.211. The molecule has 0 saturated carbocycles. The molecule has 1 fully saturated rings. The molecule has 0 spiro atoms. The SMILES string of the molecule is Cn1cc(Cl)cc1C(=O)Nc1cccc(N2CCOC(CO)C2)c1. The molecule has 1 amide bonds. The lowest BCUT2D eigenvalue weighted by Gasteiger charge is -2.33. The van der Waals surface area contributed by atoms with Crippen molar-refractivity contribution in [1.29, 1.82) is 0 Å². The van der Waals surface area contributed by atoms with Gasteiger partial charge in [0, 0.05) is 37.7 Å². The van der Waals surface area contributed by atoms with Gasteiger partial charge < -0.3 is 24.6 Å². The number of ether oxygens (including phenoxy) is 1. The molecule has 0 bridgehead atoms. The number of benzene rings is 1. The molecule has 3 rings (SSSR count). The van der Waals surface area contributed by atoms with Crippen molar-refractivity contribution in [3.63, 3.8) is 0 Å². The van der Waals surface area contributed by atoms with E-state index >= 15 is 0 Å². The maximum absolute atomic E-state index is 12.4. The van der Waals surface area contributed by atoms with E-state index < -0.39 is 0 Å². The van der Waals surface area contributed by atoms with Crippen molar-refractivity contribution in [2.45, 2.75) is 6.10 Å². The quantitative estimate of drug-likeness (QED) is 0.887. The van der Waals surface area contributed by atoms with E-state index in [-0.39, 0.29) is 18.6 Å². The first-order valence-electron chi connectivity index (χ1n) is 7.77. The first-order chi connectivity index (χ1) is 11.6. The molecule has 1 aromatic heterocycles. The fraction of sp³-hybridized carbons (Fsp3) is 0.353. The summed E-state index contributed by atoms with van der Waals surface area (Å²) in [6.45, 7) is 1.95. The monoisotopic (exact) mass is 349 g/mol. The van der Waals surface area contributed by atoms with Crippen LogP contribution in [0.4, 0.5) is 11.4 Å². The number of aromatic nitrogens is 1. The van der Waals surface area contributed by atoms with E-state index in [1.54, 1.807) is 23.9 Å². The van der Waals surface area contributed by atoms with Crippen LogP contribution in [0.1, 0.15) is 10.5 Å². The molecule has 0 radical (unpaired) electrons. The molecule has 24 heavy (non-hydrogen) atoms. The van der Waals surface area contributed by atoms with Gasteiger partial charge in [0.05, 0.1) is 24.3 Å². The molecule has 1 saturated heterocycles. The molecule has 2 aromatic rings. The van der Waals surface area contributed by atoms with E-state index in [0.717, 1.165) is 12.2 Å². The number of aliphatic hydroxyl groups is 1. The minimum absolute atomic E-state index is 0.00117. The van der Waals surface area contributed by atoms with E-state index in [9.17, 15) is 9.90 Å². The highest BCUT2D eigenvalue weighted by Gasteiger charge is 2.20. The first-order valence-corrected chi connectivity index (χ1v) is 8.15. The minimum atomic E-state index is -0.211. The van der Waals surface area contributed by atoms with E-state index in [1.807, 2.05) is 24.3 Å². The summed E-state index contributed by atoms with van der Waals surface area (Å²) < 4.78 is 7.16. The van der Waals surface area contributed by atoms with Gasteiger partial charge in [-0.3, -0.25) is 4.79 Å². The number of nitrogens with zero attached hydrogens (tertiary/aromatic N) is 2. The third kappa shape index (κ3) is 3.72. The van der Waals surface area contributed by atoms with Crippen LogP contribution in [-0.4, -0.2) is 48.0 Å². The van der Waals surface area contributed by atoms with Crippen molar-refractivity contribution in [1.82, 2.24) is 4.57 Å². The van der Waals surface area contributed by atoms with Crippen LogP contribution in [0.5, 0.6) is 0 Å². The average molecular weight is 350 g/mol. The van der Waals surface area contributed by atoms with Gasteiger partial charge in [-0.15, -0.1) is 0 Å². The highest BCUT2D eigenvalue weighted by Crippen LogP contribution is 2.22. The first kappa shape index (κ1) is 16.8. The Bertz CT molecular complexity index is 732. The van der Waals surface area contributed by atoms with Gasteiger partial charge in [-0.1, -0.05) is 17.7 Å².